The first-order chi connectivity index (χ1) is 38.3. The summed E-state index contributed by atoms with van der Waals surface area (Å²) in [6, 6.07) is 3.23. The lowest BCUT2D eigenvalue weighted by molar-refractivity contribution is -0.142. The largest absolute Gasteiger partial charge is 0.508 e. The number of nitrogens with two attached hydrogens (primary N) is 2. The maximum absolute atomic E-state index is 14.3. The maximum atomic E-state index is 14.3. The molecule has 29 heteroatoms. The summed E-state index contributed by atoms with van der Waals surface area (Å²) >= 11 is 0. The van der Waals surface area contributed by atoms with Crippen LogP contribution in [0, 0.1) is 0 Å². The first-order valence-corrected chi connectivity index (χ1v) is 25.4. The van der Waals surface area contributed by atoms with Gasteiger partial charge in [-0.1, -0.05) is 54.6 Å². The molecule has 29 nitrogen and oxygen atoms in total. The number of phenols is 2. The number of carbonyl (C=O) groups is 13. The molecule has 1 saturated heterocycles. The molecule has 81 heavy (non-hydrogen) atoms. The average molecular weight is 1130 g/mol. The van der Waals surface area contributed by atoms with Gasteiger partial charge in [0, 0.05) is 26.4 Å². The predicted molar refractivity (Wildman–Crippen MR) is 285 cm³/mol. The smallest absolute Gasteiger partial charge is 0.290 e. The van der Waals surface area contributed by atoms with Crippen LogP contribution in [-0.4, -0.2) is 161 Å². The second-order valence-electron chi connectivity index (χ2n) is 19.0. The minimum absolute atomic E-state index is 0.0762. The van der Waals surface area contributed by atoms with Crippen molar-refractivity contribution in [2.24, 2.45) is 11.6 Å². The normalized spacial score (nSPS) is 23.1. The average Bonchev–Trinajstić information content (AvgIpc) is 3.43. The quantitative estimate of drug-likeness (QED) is 0.0406. The molecule has 1 aliphatic rings. The molecule has 0 saturated carbocycles. The van der Waals surface area contributed by atoms with E-state index in [4.69, 9.17) is 11.6 Å². The van der Waals surface area contributed by atoms with Gasteiger partial charge in [-0.3, -0.25) is 68.2 Å². The summed E-state index contributed by atoms with van der Waals surface area (Å²) in [6.45, 7) is 3.94. The number of hydrazine groups is 1. The van der Waals surface area contributed by atoms with E-state index in [1.807, 2.05) is 0 Å². The molecule has 1 aliphatic heterocycles. The number of amides is 12. The second-order valence-corrected chi connectivity index (χ2v) is 19.0. The number of hydrogen-bond donors (Lipinski definition) is 16. The zero-order valence-electron chi connectivity index (χ0n) is 44.9. The molecule has 1 fully saturated rings. The van der Waals surface area contributed by atoms with Crippen LogP contribution >= 0.6 is 0 Å². The molecule has 3 aromatic rings. The highest BCUT2D eigenvalue weighted by atomic mass is 16.3. The molecule has 1 heterocycles. The highest BCUT2D eigenvalue weighted by Crippen LogP contribution is 2.14. The van der Waals surface area contributed by atoms with Crippen molar-refractivity contribution in [3.8, 4) is 11.5 Å². The van der Waals surface area contributed by atoms with E-state index in [1.165, 1.54) is 83.3 Å². The third-order valence-electron chi connectivity index (χ3n) is 12.5. The number of Topliss-reactive ketones (excluding diaryl/α,β-unsaturated/α-hetero) is 1. The Balaban J connectivity index is 1.77. The molecule has 3 aromatic carbocycles. The van der Waals surface area contributed by atoms with Gasteiger partial charge in [0.05, 0.1) is 12.8 Å². The van der Waals surface area contributed by atoms with E-state index in [0.717, 1.165) is 0 Å². The number of primary amides is 1. The highest BCUT2D eigenvalue weighted by molar-refractivity contribution is 6.39. The molecule has 436 valence electrons. The predicted octanol–water partition coefficient (Wildman–Crippen LogP) is -5.89. The lowest BCUT2D eigenvalue weighted by Crippen LogP contribution is -2.60. The van der Waals surface area contributed by atoms with Gasteiger partial charge in [0.1, 0.15) is 71.9 Å². The highest BCUT2D eigenvalue weighted by Gasteiger charge is 2.36. The molecular weight excluding hydrogens is 1060 g/mol. The van der Waals surface area contributed by atoms with Gasteiger partial charge in [-0.15, -0.1) is 0 Å². The number of aromatic hydroxyl groups is 2. The van der Waals surface area contributed by atoms with Crippen LogP contribution in [0.25, 0.3) is 0 Å². The minimum atomic E-state index is -1.96. The van der Waals surface area contributed by atoms with E-state index in [-0.39, 0.29) is 30.8 Å². The molecule has 0 bridgehead atoms. The Morgan fingerprint density at radius 3 is 1.56 bits per heavy atom. The van der Waals surface area contributed by atoms with Crippen molar-refractivity contribution < 1.29 is 72.5 Å². The monoisotopic (exact) mass is 1130 g/mol. The lowest BCUT2D eigenvalue weighted by Gasteiger charge is -2.25. The summed E-state index contributed by atoms with van der Waals surface area (Å²) in [6.07, 6.45) is -2.34. The zero-order valence-corrected chi connectivity index (χ0v) is 44.9. The number of phenolic OH excluding ortho intramolecular Hbond substituents is 2. The van der Waals surface area contributed by atoms with Crippen LogP contribution < -0.4 is 75.5 Å². The molecular formula is C52H68N14O15. The molecule has 10 atom stereocenters. The third-order valence-corrected chi connectivity index (χ3v) is 12.5. The molecule has 0 aliphatic carbocycles. The van der Waals surface area contributed by atoms with Crippen molar-refractivity contribution in [2.45, 2.75) is 120 Å². The van der Waals surface area contributed by atoms with Gasteiger partial charge in [0.25, 0.3) is 5.91 Å². The van der Waals surface area contributed by atoms with Crippen LogP contribution in [0.1, 0.15) is 57.2 Å². The summed E-state index contributed by atoms with van der Waals surface area (Å²) in [5.41, 5.74) is 9.28. The van der Waals surface area contributed by atoms with Crippen LogP contribution in [0.15, 0.2) is 78.9 Å². The van der Waals surface area contributed by atoms with Crippen LogP contribution in [0.3, 0.4) is 0 Å². The van der Waals surface area contributed by atoms with Crippen molar-refractivity contribution >= 4 is 76.7 Å². The standard InChI is InChI=1S/C52H68N14O15/c1-25-44(73)58-27(3)47(76)63-36(22-40(69)55-5)48(77)60-28(4)46(75)61-34(19-29-9-7-6-8-10-29)42(71)52(81)65-39(51(80)62-35(43(53)72)20-30-11-15-32(67)16-12-30)24-56-41(70)23-37(49(78)59-26(2)45(74)57-25)64-50(79)38(66-54)21-31-13-17-33(68)18-14-31/h6-18,25-28,34-39,66-68H,19-24,54H2,1-5H3,(H2,53,72)(H,55,69)(H,56,70)(H,57,74)(H,58,73)(H,59,78)(H,60,77)(H,61,75)(H,62,80)(H,63,76)(H,64,79)(H,65,81)/t25-,26-,27-,28-,34-,35-,36-,37-,38-,39-/m0/s1. The van der Waals surface area contributed by atoms with Crippen LogP contribution in [0.4, 0.5) is 0 Å². The summed E-state index contributed by atoms with van der Waals surface area (Å²) in [5, 5.41) is 45.4. The Kier molecular flexibility index (Phi) is 24.2. The maximum Gasteiger partial charge on any atom is 0.290 e. The van der Waals surface area contributed by atoms with Crippen molar-refractivity contribution in [1.82, 2.24) is 63.9 Å². The third kappa shape index (κ3) is 20.3. The van der Waals surface area contributed by atoms with Crippen molar-refractivity contribution in [3.05, 3.63) is 95.6 Å². The van der Waals surface area contributed by atoms with Gasteiger partial charge in [-0.2, -0.15) is 0 Å². The van der Waals surface area contributed by atoms with E-state index in [0.29, 0.717) is 16.7 Å². The molecule has 12 amide bonds. The topological polar surface area (TPSA) is 459 Å². The van der Waals surface area contributed by atoms with E-state index >= 15 is 0 Å². The fraction of sp³-hybridized carbons (Fsp3) is 0.404. The van der Waals surface area contributed by atoms with E-state index in [9.17, 15) is 72.5 Å². The summed E-state index contributed by atoms with van der Waals surface area (Å²) in [7, 11) is 1.25. The Morgan fingerprint density at radius 1 is 0.593 bits per heavy atom. The Hall–Kier alpha value is -9.51. The van der Waals surface area contributed by atoms with Crippen molar-refractivity contribution in [3.63, 3.8) is 0 Å². The van der Waals surface area contributed by atoms with Crippen LogP contribution in [-0.2, 0) is 81.6 Å². The minimum Gasteiger partial charge on any atom is -0.508 e. The van der Waals surface area contributed by atoms with Gasteiger partial charge in [-0.25, -0.2) is 5.43 Å². The Morgan fingerprint density at radius 2 is 1.06 bits per heavy atom. The SMILES string of the molecule is CNC(=O)C[C@@H]1NC(=O)[C@H](C)NC(=O)[C@H](C)NC(=O)[C@H](C)NC(=O)[C@@H](NC(=O)[C@H](Cc2ccc(O)cc2)NN)CC(=O)NC[C@@H](C(=O)N[C@@H](Cc2ccc(O)cc2)C(N)=O)NC(=O)C(=O)[C@H](Cc2ccccc2)NC(=O)[C@H](C)NC1=O. The molecule has 0 spiro atoms. The van der Waals surface area contributed by atoms with E-state index in [1.54, 1.807) is 30.3 Å². The van der Waals surface area contributed by atoms with Crippen molar-refractivity contribution in [2.75, 3.05) is 13.6 Å². The second kappa shape index (κ2) is 30.6. The summed E-state index contributed by atoms with van der Waals surface area (Å²) < 4.78 is 0. The van der Waals surface area contributed by atoms with Gasteiger partial charge >= 0.3 is 0 Å². The molecule has 4 rings (SSSR count). The lowest BCUT2D eigenvalue weighted by atomic mass is 10.0. The van der Waals surface area contributed by atoms with E-state index < -0.39 is 156 Å². The fourth-order valence-corrected chi connectivity index (χ4v) is 7.73. The zero-order chi connectivity index (χ0) is 60.1. The number of carbonyl (C=O) groups excluding carboxylic acids is 13. The molecule has 0 aromatic heterocycles. The van der Waals surface area contributed by atoms with E-state index in [2.05, 4.69) is 63.9 Å². The Bertz CT molecular complexity index is 2800. The number of nitrogens with one attached hydrogen (secondary N) is 12. The number of rotatable bonds is 14. The molecule has 0 radical (unpaired) electrons. The summed E-state index contributed by atoms with van der Waals surface area (Å²) in [4.78, 5) is 177. The van der Waals surface area contributed by atoms with Gasteiger partial charge < -0.3 is 74.4 Å². The van der Waals surface area contributed by atoms with Crippen molar-refractivity contribution in [1.29, 1.82) is 0 Å². The van der Waals surface area contributed by atoms with Gasteiger partial charge in [-0.05, 0) is 75.1 Å². The van der Waals surface area contributed by atoms with Crippen LogP contribution in [0.2, 0.25) is 0 Å². The molecule has 0 unspecified atom stereocenters. The van der Waals surface area contributed by atoms with Gasteiger partial charge in [0.15, 0.2) is 0 Å². The summed E-state index contributed by atoms with van der Waals surface area (Å²) in [5.74, 6) is -8.60. The molecule has 18 N–H and O–H groups in total. The van der Waals surface area contributed by atoms with Gasteiger partial charge in [0.2, 0.25) is 70.8 Å². The fourth-order valence-electron chi connectivity index (χ4n) is 7.73. The first-order valence-electron chi connectivity index (χ1n) is 25.4. The first kappa shape index (κ1) is 64.0. The number of benzene rings is 3. The van der Waals surface area contributed by atoms with Crippen LogP contribution in [0.5, 0.6) is 11.5 Å². The number of ketones is 1. The number of hydrogen-bond acceptors (Lipinski definition) is 17. The Labute approximate surface area is 464 Å².